The highest BCUT2D eigenvalue weighted by Gasteiger charge is 2.17. The number of benzene rings is 1. The average Bonchev–Trinajstić information content (AvgIpc) is 2.43. The fourth-order valence-electron chi connectivity index (χ4n) is 1.53. The number of nitriles is 2. The zero-order chi connectivity index (χ0) is 13.5. The second kappa shape index (κ2) is 6.61. The van der Waals surface area contributed by atoms with E-state index in [9.17, 15) is 10.2 Å². The summed E-state index contributed by atoms with van der Waals surface area (Å²) in [5.74, 6) is 0. The van der Waals surface area contributed by atoms with Crippen LogP contribution in [0, 0.1) is 22.7 Å². The van der Waals surface area contributed by atoms with Gasteiger partial charge in [0.05, 0.1) is 18.6 Å². The van der Waals surface area contributed by atoms with Crippen LogP contribution in [-0.4, -0.2) is 29.9 Å². The predicted octanol–water partition coefficient (Wildman–Crippen LogP) is 0.954. The van der Waals surface area contributed by atoms with Crippen molar-refractivity contribution in [2.45, 2.75) is 18.6 Å². The van der Waals surface area contributed by atoms with Gasteiger partial charge < -0.3 is 15.1 Å². The Hall–Kier alpha value is -2.08. The number of aliphatic hydroxyl groups excluding tert-OH is 2. The van der Waals surface area contributed by atoms with Crippen molar-refractivity contribution >= 4 is 5.69 Å². The number of hydrogen-bond donors (Lipinski definition) is 2. The van der Waals surface area contributed by atoms with Crippen molar-refractivity contribution in [2.75, 3.05) is 18.5 Å². The van der Waals surface area contributed by atoms with Crippen LogP contribution in [-0.2, 0) is 0 Å². The Balaban J connectivity index is 2.74. The normalized spacial score (nSPS) is 13.2. The summed E-state index contributed by atoms with van der Waals surface area (Å²) in [5, 5.41) is 35.9. The van der Waals surface area contributed by atoms with E-state index in [1.54, 1.807) is 30.3 Å². The van der Waals surface area contributed by atoms with Gasteiger partial charge in [0, 0.05) is 19.3 Å². The van der Waals surface area contributed by atoms with E-state index in [0.717, 1.165) is 5.69 Å². The number of nitrogens with zero attached hydrogens (tertiary/aromatic N) is 3. The van der Waals surface area contributed by atoms with Crippen LogP contribution < -0.4 is 4.90 Å². The molecule has 94 valence electrons. The lowest BCUT2D eigenvalue weighted by atomic mass is 10.0. The second-order valence-corrected chi connectivity index (χ2v) is 3.94. The molecule has 0 aliphatic rings. The lowest BCUT2D eigenvalue weighted by Gasteiger charge is -2.19. The molecule has 0 amide bonds. The highest BCUT2D eigenvalue weighted by molar-refractivity contribution is 5.47. The van der Waals surface area contributed by atoms with Gasteiger partial charge in [-0.2, -0.15) is 10.5 Å². The lowest BCUT2D eigenvalue weighted by Crippen LogP contribution is -2.19. The molecule has 0 fully saturated rings. The van der Waals surface area contributed by atoms with E-state index in [2.05, 4.69) is 6.07 Å². The van der Waals surface area contributed by atoms with Crippen LogP contribution in [0.2, 0.25) is 0 Å². The van der Waals surface area contributed by atoms with Crippen LogP contribution in [0.1, 0.15) is 18.1 Å². The maximum atomic E-state index is 9.63. The topological polar surface area (TPSA) is 91.3 Å². The molecule has 1 aromatic carbocycles. The molecular weight excluding hydrogens is 230 g/mol. The summed E-state index contributed by atoms with van der Waals surface area (Å²) in [6.07, 6.45) is -2.19. The third-order valence-electron chi connectivity index (χ3n) is 2.67. The molecule has 1 rings (SSSR count). The Kier molecular flexibility index (Phi) is 5.13. The third-order valence-corrected chi connectivity index (χ3v) is 2.67. The molecule has 18 heavy (non-hydrogen) atoms. The number of anilines is 1. The Bertz CT molecular complexity index is 459. The minimum atomic E-state index is -1.42. The molecule has 5 heteroatoms. The Labute approximate surface area is 106 Å². The Morgan fingerprint density at radius 3 is 2.33 bits per heavy atom. The maximum Gasteiger partial charge on any atom is 0.170 e. The van der Waals surface area contributed by atoms with Gasteiger partial charge in [0.2, 0.25) is 0 Å². The average molecular weight is 245 g/mol. The van der Waals surface area contributed by atoms with E-state index in [1.165, 1.54) is 0 Å². The van der Waals surface area contributed by atoms with E-state index in [-0.39, 0.29) is 0 Å². The SMILES string of the molecule is CN(CCC#N)c1ccc(C(O)C(O)C#N)cc1. The molecule has 2 N–H and O–H groups in total. The van der Waals surface area contributed by atoms with Gasteiger partial charge in [0.15, 0.2) is 6.10 Å². The second-order valence-electron chi connectivity index (χ2n) is 3.94. The van der Waals surface area contributed by atoms with Crippen molar-refractivity contribution in [2.24, 2.45) is 0 Å². The summed E-state index contributed by atoms with van der Waals surface area (Å²) >= 11 is 0. The first-order valence-electron chi connectivity index (χ1n) is 5.54. The maximum absolute atomic E-state index is 9.63. The van der Waals surface area contributed by atoms with Crippen LogP contribution in [0.4, 0.5) is 5.69 Å². The summed E-state index contributed by atoms with van der Waals surface area (Å²) < 4.78 is 0. The van der Waals surface area contributed by atoms with Gasteiger partial charge in [-0.1, -0.05) is 12.1 Å². The fourth-order valence-corrected chi connectivity index (χ4v) is 1.53. The zero-order valence-corrected chi connectivity index (χ0v) is 10.1. The third kappa shape index (κ3) is 3.46. The standard InChI is InChI=1S/C13H15N3O2/c1-16(8-2-7-14)11-5-3-10(4-6-11)13(18)12(17)9-15/h3-6,12-13,17-18H,2,8H2,1H3. The van der Waals surface area contributed by atoms with Crippen LogP contribution in [0.5, 0.6) is 0 Å². The summed E-state index contributed by atoms with van der Waals surface area (Å²) in [6.45, 7) is 0.624. The molecule has 0 bridgehead atoms. The van der Waals surface area contributed by atoms with Crippen LogP contribution in [0.15, 0.2) is 24.3 Å². The molecule has 0 saturated carbocycles. The molecule has 0 spiro atoms. The van der Waals surface area contributed by atoms with Gasteiger partial charge in [-0.05, 0) is 17.7 Å². The Morgan fingerprint density at radius 2 is 1.83 bits per heavy atom. The minimum absolute atomic E-state index is 0.439. The lowest BCUT2D eigenvalue weighted by molar-refractivity contribution is 0.0528. The van der Waals surface area contributed by atoms with Gasteiger partial charge in [-0.15, -0.1) is 0 Å². The van der Waals surface area contributed by atoms with Gasteiger partial charge in [0.1, 0.15) is 6.10 Å². The van der Waals surface area contributed by atoms with Crippen molar-refractivity contribution in [3.63, 3.8) is 0 Å². The van der Waals surface area contributed by atoms with Crippen LogP contribution in [0.3, 0.4) is 0 Å². The quantitative estimate of drug-likeness (QED) is 0.754. The molecule has 1 aromatic rings. The van der Waals surface area contributed by atoms with Crippen molar-refractivity contribution in [3.8, 4) is 12.1 Å². The largest absolute Gasteiger partial charge is 0.385 e. The summed E-state index contributed by atoms with van der Waals surface area (Å²) in [6, 6.07) is 10.5. The van der Waals surface area contributed by atoms with Crippen molar-refractivity contribution in [3.05, 3.63) is 29.8 Å². The number of rotatable bonds is 5. The van der Waals surface area contributed by atoms with Crippen molar-refractivity contribution in [1.29, 1.82) is 10.5 Å². The minimum Gasteiger partial charge on any atom is -0.385 e. The number of hydrogen-bond acceptors (Lipinski definition) is 5. The molecule has 0 aliphatic heterocycles. The van der Waals surface area contributed by atoms with Gasteiger partial charge in [0.25, 0.3) is 0 Å². The van der Waals surface area contributed by atoms with Gasteiger partial charge in [-0.25, -0.2) is 0 Å². The fraction of sp³-hybridized carbons (Fsp3) is 0.385. The van der Waals surface area contributed by atoms with E-state index in [1.807, 2.05) is 11.9 Å². The van der Waals surface area contributed by atoms with Gasteiger partial charge >= 0.3 is 0 Å². The molecule has 5 nitrogen and oxygen atoms in total. The van der Waals surface area contributed by atoms with E-state index in [0.29, 0.717) is 18.5 Å². The monoisotopic (exact) mass is 245 g/mol. The van der Waals surface area contributed by atoms with E-state index >= 15 is 0 Å². The Morgan fingerprint density at radius 1 is 1.22 bits per heavy atom. The van der Waals surface area contributed by atoms with E-state index < -0.39 is 12.2 Å². The highest BCUT2D eigenvalue weighted by Crippen LogP contribution is 2.20. The zero-order valence-electron chi connectivity index (χ0n) is 10.1. The first kappa shape index (κ1) is 14.0. The first-order chi connectivity index (χ1) is 8.60. The number of aliphatic hydroxyl groups is 2. The molecule has 0 heterocycles. The first-order valence-corrected chi connectivity index (χ1v) is 5.54. The summed E-state index contributed by atoms with van der Waals surface area (Å²) in [4.78, 5) is 1.92. The molecule has 0 radical (unpaired) electrons. The van der Waals surface area contributed by atoms with E-state index in [4.69, 9.17) is 10.5 Å². The van der Waals surface area contributed by atoms with Crippen molar-refractivity contribution < 1.29 is 10.2 Å². The molecule has 0 saturated heterocycles. The van der Waals surface area contributed by atoms with Gasteiger partial charge in [-0.3, -0.25) is 0 Å². The molecule has 2 unspecified atom stereocenters. The summed E-state index contributed by atoms with van der Waals surface area (Å²) in [5.41, 5.74) is 1.40. The smallest absolute Gasteiger partial charge is 0.170 e. The molecular formula is C13H15N3O2. The molecule has 0 aromatic heterocycles. The predicted molar refractivity (Wildman–Crippen MR) is 66.5 cm³/mol. The van der Waals surface area contributed by atoms with Crippen LogP contribution in [0.25, 0.3) is 0 Å². The van der Waals surface area contributed by atoms with Crippen molar-refractivity contribution in [1.82, 2.24) is 0 Å². The highest BCUT2D eigenvalue weighted by atomic mass is 16.3. The van der Waals surface area contributed by atoms with Crippen LogP contribution >= 0.6 is 0 Å². The summed E-state index contributed by atoms with van der Waals surface area (Å²) in [7, 11) is 1.87. The molecule has 0 aliphatic carbocycles. The molecule has 2 atom stereocenters.